The molecule has 0 amide bonds. The number of aromatic amines is 1. The molecule has 0 bridgehead atoms. The Balaban J connectivity index is 1.66. The van der Waals surface area contributed by atoms with E-state index < -0.39 is 10.0 Å². The number of anilines is 1. The molecule has 2 heterocycles. The third-order valence-corrected chi connectivity index (χ3v) is 6.05. The highest BCUT2D eigenvalue weighted by atomic mass is 35.5. The first kappa shape index (κ1) is 19.4. The van der Waals surface area contributed by atoms with E-state index in [0.717, 1.165) is 0 Å². The maximum absolute atomic E-state index is 13.0. The normalized spacial score (nSPS) is 11.5. The lowest BCUT2D eigenvalue weighted by atomic mass is 10.0. The molecule has 0 atom stereocenters. The number of hydrogen-bond acceptors (Lipinski definition) is 4. The topological polar surface area (TPSA) is 91.9 Å². The molecule has 6 nitrogen and oxygen atoms in total. The molecule has 0 saturated heterocycles. The van der Waals surface area contributed by atoms with E-state index in [2.05, 4.69) is 14.7 Å². The molecular weight excluding hydrogens is 433 g/mol. The number of rotatable bonds is 5. The second kappa shape index (κ2) is 7.51. The maximum Gasteiger partial charge on any atom is 0.261 e. The zero-order chi connectivity index (χ0) is 20.6. The Hall–Kier alpha value is -2.87. The van der Waals surface area contributed by atoms with Gasteiger partial charge in [0.05, 0.1) is 9.92 Å². The number of carbonyl (C=O) groups excluding carboxylic acids is 1. The molecule has 2 aromatic carbocycles. The quantitative estimate of drug-likeness (QED) is 0.427. The molecule has 0 aliphatic rings. The molecule has 9 heteroatoms. The molecule has 2 N–H and O–H groups in total. The molecule has 2 aromatic heterocycles. The second-order valence-corrected chi connectivity index (χ2v) is 8.78. The van der Waals surface area contributed by atoms with Gasteiger partial charge >= 0.3 is 0 Å². The molecule has 4 rings (SSSR count). The Kier molecular flexibility index (Phi) is 5.04. The van der Waals surface area contributed by atoms with Crippen LogP contribution in [-0.2, 0) is 10.0 Å². The van der Waals surface area contributed by atoms with Gasteiger partial charge in [-0.05, 0) is 36.4 Å². The minimum atomic E-state index is -3.85. The van der Waals surface area contributed by atoms with Gasteiger partial charge in [0.25, 0.3) is 10.0 Å². The number of aromatic nitrogens is 2. The lowest BCUT2D eigenvalue weighted by Gasteiger charge is -2.09. The summed E-state index contributed by atoms with van der Waals surface area (Å²) < 4.78 is 27.7. The third kappa shape index (κ3) is 3.98. The molecule has 4 aromatic rings. The third-order valence-electron chi connectivity index (χ3n) is 4.23. The Morgan fingerprint density at radius 2 is 1.79 bits per heavy atom. The summed E-state index contributed by atoms with van der Waals surface area (Å²) >= 11 is 11.9. The summed E-state index contributed by atoms with van der Waals surface area (Å²) in [6, 6.07) is 13.8. The number of nitrogens with one attached hydrogen (secondary N) is 2. The van der Waals surface area contributed by atoms with Crippen molar-refractivity contribution in [2.75, 3.05) is 4.72 Å². The van der Waals surface area contributed by atoms with Crippen molar-refractivity contribution in [1.82, 2.24) is 9.97 Å². The molecule has 0 fully saturated rings. The summed E-state index contributed by atoms with van der Waals surface area (Å²) in [6.45, 7) is 0. The van der Waals surface area contributed by atoms with Crippen LogP contribution in [0.15, 0.2) is 71.9 Å². The average Bonchev–Trinajstić information content (AvgIpc) is 3.10. The van der Waals surface area contributed by atoms with E-state index in [1.54, 1.807) is 42.6 Å². The summed E-state index contributed by atoms with van der Waals surface area (Å²) in [5.41, 5.74) is 1.50. The number of H-pyrrole nitrogens is 1. The zero-order valence-electron chi connectivity index (χ0n) is 14.7. The van der Waals surface area contributed by atoms with Gasteiger partial charge in [-0.2, -0.15) is 0 Å². The fourth-order valence-corrected chi connectivity index (χ4v) is 4.40. The summed E-state index contributed by atoms with van der Waals surface area (Å²) in [7, 11) is -3.85. The largest absolute Gasteiger partial charge is 0.345 e. The maximum atomic E-state index is 13.0. The van der Waals surface area contributed by atoms with Crippen LogP contribution in [0.2, 0.25) is 10.0 Å². The molecule has 0 spiro atoms. The van der Waals surface area contributed by atoms with E-state index in [-0.39, 0.29) is 16.4 Å². The summed E-state index contributed by atoms with van der Waals surface area (Å²) in [6.07, 6.45) is 3.04. The number of pyridine rings is 1. The van der Waals surface area contributed by atoms with Crippen molar-refractivity contribution >= 4 is 55.7 Å². The van der Waals surface area contributed by atoms with Crippen molar-refractivity contribution in [3.8, 4) is 0 Å². The van der Waals surface area contributed by atoms with E-state index in [0.29, 0.717) is 32.2 Å². The van der Waals surface area contributed by atoms with Crippen LogP contribution in [-0.4, -0.2) is 24.2 Å². The Morgan fingerprint density at radius 3 is 2.59 bits per heavy atom. The number of halogens is 2. The standard InChI is InChI=1S/C20H13Cl2N3O3S/c21-13-4-2-6-16(8-13)29(27,28)25-15-5-1-3-12(7-15)19(26)18-11-24-20-17(18)9-14(22)10-23-20/h1-11,25H,(H,23,24). The van der Waals surface area contributed by atoms with E-state index in [1.165, 1.54) is 24.4 Å². The van der Waals surface area contributed by atoms with Crippen molar-refractivity contribution in [3.05, 3.63) is 88.2 Å². The van der Waals surface area contributed by atoms with E-state index in [9.17, 15) is 13.2 Å². The highest BCUT2D eigenvalue weighted by molar-refractivity contribution is 7.92. The minimum absolute atomic E-state index is 0.0269. The number of sulfonamides is 1. The van der Waals surface area contributed by atoms with Crippen LogP contribution in [0.5, 0.6) is 0 Å². The Morgan fingerprint density at radius 1 is 1.00 bits per heavy atom. The van der Waals surface area contributed by atoms with Gasteiger partial charge in [0.15, 0.2) is 5.78 Å². The molecule has 0 aliphatic carbocycles. The average molecular weight is 446 g/mol. The Labute approximate surface area is 176 Å². The minimum Gasteiger partial charge on any atom is -0.345 e. The van der Waals surface area contributed by atoms with Crippen LogP contribution < -0.4 is 4.72 Å². The Bertz CT molecular complexity index is 1350. The second-order valence-electron chi connectivity index (χ2n) is 6.22. The molecule has 146 valence electrons. The highest BCUT2D eigenvalue weighted by Crippen LogP contribution is 2.25. The lowest BCUT2D eigenvalue weighted by Crippen LogP contribution is -2.13. The van der Waals surface area contributed by atoms with Gasteiger partial charge in [-0.1, -0.05) is 41.4 Å². The smallest absolute Gasteiger partial charge is 0.261 e. The van der Waals surface area contributed by atoms with Crippen LogP contribution in [0, 0.1) is 0 Å². The molecular formula is C20H13Cl2N3O3S. The van der Waals surface area contributed by atoms with Crippen LogP contribution in [0.25, 0.3) is 11.0 Å². The van der Waals surface area contributed by atoms with Crippen LogP contribution >= 0.6 is 23.2 Å². The molecule has 0 radical (unpaired) electrons. The van der Waals surface area contributed by atoms with E-state index in [4.69, 9.17) is 23.2 Å². The van der Waals surface area contributed by atoms with Gasteiger partial charge in [-0.3, -0.25) is 9.52 Å². The number of ketones is 1. The van der Waals surface area contributed by atoms with Gasteiger partial charge in [0.2, 0.25) is 0 Å². The monoisotopic (exact) mass is 445 g/mol. The van der Waals surface area contributed by atoms with Crippen molar-refractivity contribution in [3.63, 3.8) is 0 Å². The number of carbonyl (C=O) groups is 1. The predicted octanol–water partition coefficient (Wildman–Crippen LogP) is 4.90. The van der Waals surface area contributed by atoms with Gasteiger partial charge in [-0.15, -0.1) is 0 Å². The van der Waals surface area contributed by atoms with Crippen LogP contribution in [0.4, 0.5) is 5.69 Å². The molecule has 0 unspecified atom stereocenters. The van der Waals surface area contributed by atoms with Crippen molar-refractivity contribution in [1.29, 1.82) is 0 Å². The number of nitrogens with zero attached hydrogens (tertiary/aromatic N) is 1. The fourth-order valence-electron chi connectivity index (χ4n) is 2.89. The first-order valence-electron chi connectivity index (χ1n) is 8.39. The van der Waals surface area contributed by atoms with Gasteiger partial charge in [-0.25, -0.2) is 13.4 Å². The van der Waals surface area contributed by atoms with Gasteiger partial charge in [0.1, 0.15) is 5.65 Å². The number of fused-ring (bicyclic) bond motifs is 1. The fraction of sp³-hybridized carbons (Fsp3) is 0. The van der Waals surface area contributed by atoms with Crippen LogP contribution in [0.3, 0.4) is 0 Å². The molecule has 0 aliphatic heterocycles. The summed E-state index contributed by atoms with van der Waals surface area (Å²) in [5.74, 6) is -0.288. The van der Waals surface area contributed by atoms with Gasteiger partial charge in [0, 0.05) is 39.6 Å². The van der Waals surface area contributed by atoms with Crippen LogP contribution in [0.1, 0.15) is 15.9 Å². The molecule has 0 saturated carbocycles. The first-order valence-corrected chi connectivity index (χ1v) is 10.6. The van der Waals surface area contributed by atoms with E-state index in [1.807, 2.05) is 0 Å². The SMILES string of the molecule is O=C(c1cccc(NS(=O)(=O)c2cccc(Cl)c2)c1)c1c[nH]c2ncc(Cl)cc12. The van der Waals surface area contributed by atoms with E-state index >= 15 is 0 Å². The zero-order valence-corrected chi connectivity index (χ0v) is 17.0. The van der Waals surface area contributed by atoms with Gasteiger partial charge < -0.3 is 4.98 Å². The van der Waals surface area contributed by atoms with Crippen molar-refractivity contribution < 1.29 is 13.2 Å². The lowest BCUT2D eigenvalue weighted by molar-refractivity contribution is 0.104. The summed E-state index contributed by atoms with van der Waals surface area (Å²) in [4.78, 5) is 20.1. The summed E-state index contributed by atoms with van der Waals surface area (Å²) in [5, 5.41) is 1.31. The predicted molar refractivity (Wildman–Crippen MR) is 113 cm³/mol. The van der Waals surface area contributed by atoms with Crippen molar-refractivity contribution in [2.24, 2.45) is 0 Å². The molecule has 29 heavy (non-hydrogen) atoms. The number of hydrogen-bond donors (Lipinski definition) is 2. The highest BCUT2D eigenvalue weighted by Gasteiger charge is 2.18. The first-order chi connectivity index (χ1) is 13.8. The van der Waals surface area contributed by atoms with Crippen molar-refractivity contribution in [2.45, 2.75) is 4.90 Å². The number of benzene rings is 2.